The third kappa shape index (κ3) is 5.94. The summed E-state index contributed by atoms with van der Waals surface area (Å²) in [5.41, 5.74) is 10.2. The zero-order valence-corrected chi connectivity index (χ0v) is 9.59. The van der Waals surface area contributed by atoms with Gasteiger partial charge in [-0.1, -0.05) is 0 Å². The number of rotatable bonds is 6. The third-order valence-corrected chi connectivity index (χ3v) is 2.14. The molecule has 0 heterocycles. The maximum atomic E-state index is 10.6. The summed E-state index contributed by atoms with van der Waals surface area (Å²) in [7, 11) is 0. The Bertz CT molecular complexity index is 217. The van der Waals surface area contributed by atoms with Crippen molar-refractivity contribution < 1.29 is 15.1 Å². The Morgan fingerprint density at radius 3 is 2.50 bits per heavy atom. The minimum atomic E-state index is -1.08. The maximum Gasteiger partial charge on any atom is 0.324 e. The second kappa shape index (κ2) is 6.79. The van der Waals surface area contributed by atoms with Gasteiger partial charge in [0.1, 0.15) is 6.04 Å². The number of hydrogen-bond acceptors (Lipinski definition) is 4. The fourth-order valence-corrected chi connectivity index (χ4v) is 1.33. The Morgan fingerprint density at radius 1 is 1.57 bits per heavy atom. The van der Waals surface area contributed by atoms with Crippen molar-refractivity contribution in [3.8, 4) is 0 Å². The molecule has 6 N–H and O–H groups in total. The molecule has 1 atom stereocenters. The van der Waals surface area contributed by atoms with Crippen LogP contribution in [0.2, 0.25) is 0 Å². The van der Waals surface area contributed by atoms with Crippen molar-refractivity contribution >= 4 is 34.8 Å². The Morgan fingerprint density at radius 2 is 2.14 bits per heavy atom. The highest BCUT2D eigenvalue weighted by molar-refractivity contribution is 14.1. The molecule has 0 aromatic rings. The fraction of sp³-hybridized carbons (Fsp3) is 0.667. The van der Waals surface area contributed by atoms with Gasteiger partial charge in [0.05, 0.1) is 22.9 Å². The van der Waals surface area contributed by atoms with E-state index in [1.807, 2.05) is 0 Å². The van der Waals surface area contributed by atoms with E-state index in [1.54, 1.807) is 0 Å². The Hall–Kier alpha value is -0.610. The molecule has 0 fully saturated rings. The van der Waals surface area contributed by atoms with Crippen LogP contribution >= 0.6 is 22.9 Å². The number of nitrogens with zero attached hydrogens (tertiary/aromatic N) is 2. The van der Waals surface area contributed by atoms with Crippen LogP contribution in [0.4, 0.5) is 0 Å². The Labute approximate surface area is 95.2 Å². The first-order valence-electron chi connectivity index (χ1n) is 3.87. The van der Waals surface area contributed by atoms with Crippen molar-refractivity contribution in [1.29, 1.82) is 0 Å². The van der Waals surface area contributed by atoms with E-state index >= 15 is 0 Å². The fourth-order valence-electron chi connectivity index (χ4n) is 0.814. The van der Waals surface area contributed by atoms with E-state index in [-0.39, 0.29) is 12.4 Å². The normalized spacial score (nSPS) is 12.5. The number of carbonyl (C=O) groups is 1. The lowest BCUT2D eigenvalue weighted by atomic mass is 10.2. The molecule has 0 aliphatic rings. The summed E-state index contributed by atoms with van der Waals surface area (Å²) >= 11 is 1.51. The zero-order valence-electron chi connectivity index (χ0n) is 7.43. The first-order valence-corrected chi connectivity index (χ1v) is 4.83. The second-order valence-electron chi connectivity index (χ2n) is 2.59. The largest absolute Gasteiger partial charge is 0.480 e. The van der Waals surface area contributed by atoms with E-state index in [2.05, 4.69) is 4.99 Å². The number of aliphatic carboxylic acids is 1. The van der Waals surface area contributed by atoms with Gasteiger partial charge in [-0.15, -0.1) is 3.28 Å². The molecule has 1 unspecified atom stereocenters. The van der Waals surface area contributed by atoms with E-state index in [9.17, 15) is 4.79 Å². The lowest BCUT2D eigenvalue weighted by Gasteiger charge is -2.14. The number of hydroxylamine groups is 1. The van der Waals surface area contributed by atoms with Gasteiger partial charge in [0.2, 0.25) is 0 Å². The van der Waals surface area contributed by atoms with Crippen molar-refractivity contribution in [2.24, 2.45) is 16.5 Å². The molecular formula is C6H13IN4O3. The van der Waals surface area contributed by atoms with Gasteiger partial charge < -0.3 is 21.8 Å². The molecule has 0 bridgehead atoms. The lowest BCUT2D eigenvalue weighted by molar-refractivity contribution is -0.148. The topological polar surface area (TPSA) is 125 Å². The minimum Gasteiger partial charge on any atom is -0.480 e. The van der Waals surface area contributed by atoms with E-state index < -0.39 is 12.0 Å². The van der Waals surface area contributed by atoms with Gasteiger partial charge in [-0.25, -0.2) is 0 Å². The summed E-state index contributed by atoms with van der Waals surface area (Å²) in [5, 5.41) is 17.6. The molecule has 0 spiro atoms. The van der Waals surface area contributed by atoms with Crippen LogP contribution < -0.4 is 11.5 Å². The van der Waals surface area contributed by atoms with Crippen LogP contribution in [0.1, 0.15) is 12.8 Å². The molecule has 0 aliphatic heterocycles. The van der Waals surface area contributed by atoms with Crippen LogP contribution in [-0.2, 0) is 4.79 Å². The molecule has 0 rings (SSSR count). The van der Waals surface area contributed by atoms with Crippen molar-refractivity contribution in [3.63, 3.8) is 0 Å². The molecule has 7 nitrogen and oxygen atoms in total. The minimum absolute atomic E-state index is 0.0211. The first kappa shape index (κ1) is 13.4. The molecule has 8 heteroatoms. The smallest absolute Gasteiger partial charge is 0.324 e. The van der Waals surface area contributed by atoms with Gasteiger partial charge in [-0.05, 0) is 12.8 Å². The van der Waals surface area contributed by atoms with Gasteiger partial charge in [-0.2, -0.15) is 0 Å². The molecule has 0 amide bonds. The molecule has 0 radical (unpaired) electrons. The third-order valence-electron chi connectivity index (χ3n) is 1.47. The number of hydrogen-bond donors (Lipinski definition) is 4. The molecule has 14 heavy (non-hydrogen) atoms. The van der Waals surface area contributed by atoms with Gasteiger partial charge in [0.25, 0.3) is 0 Å². The summed E-state index contributed by atoms with van der Waals surface area (Å²) in [6.45, 7) is 0.358. The van der Waals surface area contributed by atoms with E-state index in [1.165, 1.54) is 22.9 Å². The van der Waals surface area contributed by atoms with Crippen molar-refractivity contribution in [2.75, 3.05) is 6.54 Å². The highest BCUT2D eigenvalue weighted by Crippen LogP contribution is 2.09. The summed E-state index contributed by atoms with van der Waals surface area (Å²) in [6, 6.07) is -0.926. The molecule has 0 aromatic carbocycles. The SMILES string of the molecule is NC(N)=NCCCC(C(=O)O)N(O)I. The Balaban J connectivity index is 3.84. The van der Waals surface area contributed by atoms with Crippen molar-refractivity contribution in [1.82, 2.24) is 3.28 Å². The van der Waals surface area contributed by atoms with Crippen LogP contribution in [0.15, 0.2) is 4.99 Å². The summed E-state index contributed by atoms with van der Waals surface area (Å²) in [4.78, 5) is 14.3. The highest BCUT2D eigenvalue weighted by Gasteiger charge is 2.21. The monoisotopic (exact) mass is 316 g/mol. The lowest BCUT2D eigenvalue weighted by Crippen LogP contribution is -2.32. The van der Waals surface area contributed by atoms with E-state index in [4.69, 9.17) is 21.8 Å². The predicted octanol–water partition coefficient (Wildman–Crippen LogP) is -0.466. The number of carboxylic acids is 1. The average Bonchev–Trinajstić information content (AvgIpc) is 2.01. The van der Waals surface area contributed by atoms with Gasteiger partial charge in [0.15, 0.2) is 5.96 Å². The maximum absolute atomic E-state index is 10.6. The number of guanidine groups is 1. The number of nitrogens with two attached hydrogens (primary N) is 2. The van der Waals surface area contributed by atoms with Crippen LogP contribution in [0.25, 0.3) is 0 Å². The standard InChI is InChI=1S/C6H13IN4O3/c7-11(14)4(5(12)13)2-1-3-10-6(8)9/h4,14H,1-3H2,(H,12,13)(H4,8,9,10). The second-order valence-corrected chi connectivity index (χ2v) is 3.58. The van der Waals surface area contributed by atoms with Crippen LogP contribution in [-0.4, -0.2) is 38.1 Å². The van der Waals surface area contributed by atoms with Crippen LogP contribution in [0.5, 0.6) is 0 Å². The Kier molecular flexibility index (Phi) is 6.49. The molecule has 0 aliphatic carbocycles. The van der Waals surface area contributed by atoms with Crippen molar-refractivity contribution in [3.05, 3.63) is 0 Å². The zero-order chi connectivity index (χ0) is 11.1. The van der Waals surface area contributed by atoms with E-state index in [0.717, 1.165) is 0 Å². The number of carboxylic acid groups (broad SMARTS) is 1. The predicted molar refractivity (Wildman–Crippen MR) is 59.0 cm³/mol. The number of halogens is 1. The molecule has 0 aromatic heterocycles. The number of aliphatic imine (C=N–C) groups is 1. The van der Waals surface area contributed by atoms with Gasteiger partial charge in [0, 0.05) is 6.54 Å². The molecule has 0 saturated carbocycles. The average molecular weight is 316 g/mol. The quantitative estimate of drug-likeness (QED) is 0.131. The summed E-state index contributed by atoms with van der Waals surface area (Å²) in [5.74, 6) is -1.10. The van der Waals surface area contributed by atoms with Crippen LogP contribution in [0, 0.1) is 0 Å². The van der Waals surface area contributed by atoms with E-state index in [0.29, 0.717) is 16.2 Å². The highest BCUT2D eigenvalue weighted by atomic mass is 127. The van der Waals surface area contributed by atoms with Gasteiger partial charge in [-0.3, -0.25) is 9.79 Å². The summed E-state index contributed by atoms with van der Waals surface area (Å²) in [6.07, 6.45) is 0.778. The van der Waals surface area contributed by atoms with Gasteiger partial charge >= 0.3 is 5.97 Å². The van der Waals surface area contributed by atoms with Crippen LogP contribution in [0.3, 0.4) is 0 Å². The summed E-state index contributed by atoms with van der Waals surface area (Å²) < 4.78 is 0.635. The van der Waals surface area contributed by atoms with Crippen molar-refractivity contribution in [2.45, 2.75) is 18.9 Å². The molecule has 0 saturated heterocycles. The first-order chi connectivity index (χ1) is 6.45. The molecule has 82 valence electrons. The molecular weight excluding hydrogens is 303 g/mol.